The second kappa shape index (κ2) is 11.1. The van der Waals surface area contributed by atoms with Crippen LogP contribution in [0.4, 0.5) is 11.8 Å². The minimum Gasteiger partial charge on any atom is -0.368 e. The number of benzene rings is 3. The van der Waals surface area contributed by atoms with Gasteiger partial charge in [-0.15, -0.1) is 0 Å². The van der Waals surface area contributed by atoms with Gasteiger partial charge in [-0.25, -0.2) is 4.68 Å². The van der Waals surface area contributed by atoms with Crippen molar-refractivity contribution in [2.24, 2.45) is 5.92 Å². The van der Waals surface area contributed by atoms with Gasteiger partial charge in [-0.3, -0.25) is 9.97 Å². The molecule has 3 heterocycles. The van der Waals surface area contributed by atoms with E-state index < -0.39 is 0 Å². The summed E-state index contributed by atoms with van der Waals surface area (Å²) in [5.74, 6) is 2.40. The predicted molar refractivity (Wildman–Crippen MR) is 173 cm³/mol. The maximum atomic E-state index is 6.00. The van der Waals surface area contributed by atoms with Crippen LogP contribution in [0.15, 0.2) is 79.4 Å². The molecule has 216 valence electrons. The van der Waals surface area contributed by atoms with Crippen LogP contribution in [-0.2, 0) is 12.8 Å². The normalized spacial score (nSPS) is 16.4. The number of hydrogen-bond donors (Lipinski definition) is 1. The van der Waals surface area contributed by atoms with Crippen molar-refractivity contribution in [3.63, 3.8) is 0 Å². The standard InChI is InChI=1S/C35H36N8/c1-22-25(20-39-43(22)33-19-32(42(2)3)40-35(36)41-33)9-6-8-24-12-14-29-28-13-11-23-7-4-5-10-26(23)27(28)15-16-30(29)34(24)31-21-37-17-18-38-31/h4-5,7,10-11,13,15-21,24,34H,6,8-9,12,14H2,1-3H3,(H2,36,40,41). The largest absolute Gasteiger partial charge is 0.368 e. The SMILES string of the molecule is Cc1c(CCCC2CCc3c(ccc4c3ccc3ccccc34)C2c2cnccn2)cnn1-c1cc(N(C)C)nc(N)n1. The van der Waals surface area contributed by atoms with Crippen molar-refractivity contribution in [1.82, 2.24) is 29.7 Å². The van der Waals surface area contributed by atoms with Gasteiger partial charge in [0.05, 0.1) is 11.9 Å². The van der Waals surface area contributed by atoms with E-state index in [1.54, 1.807) is 6.20 Å². The third-order valence-electron chi connectivity index (χ3n) is 9.07. The lowest BCUT2D eigenvalue weighted by Gasteiger charge is -2.34. The first-order valence-corrected chi connectivity index (χ1v) is 15.0. The first-order valence-electron chi connectivity index (χ1n) is 15.0. The number of nitrogens with zero attached hydrogens (tertiary/aromatic N) is 7. The maximum absolute atomic E-state index is 6.00. The fourth-order valence-electron chi connectivity index (χ4n) is 6.92. The Hall–Kier alpha value is -4.85. The number of rotatable bonds is 7. The summed E-state index contributed by atoms with van der Waals surface area (Å²) in [7, 11) is 3.88. The topological polar surface area (TPSA) is 98.6 Å². The Morgan fingerprint density at radius 2 is 1.81 bits per heavy atom. The van der Waals surface area contributed by atoms with Gasteiger partial charge < -0.3 is 10.6 Å². The van der Waals surface area contributed by atoms with Crippen molar-refractivity contribution < 1.29 is 0 Å². The molecule has 3 aromatic heterocycles. The van der Waals surface area contributed by atoms with Crippen molar-refractivity contribution in [3.05, 3.63) is 107 Å². The van der Waals surface area contributed by atoms with Gasteiger partial charge >= 0.3 is 0 Å². The van der Waals surface area contributed by atoms with E-state index in [0.717, 1.165) is 49.3 Å². The highest BCUT2D eigenvalue weighted by Gasteiger charge is 2.32. The van der Waals surface area contributed by atoms with Crippen LogP contribution in [-0.4, -0.2) is 43.8 Å². The van der Waals surface area contributed by atoms with Crippen LogP contribution < -0.4 is 10.6 Å². The summed E-state index contributed by atoms with van der Waals surface area (Å²) in [5.41, 5.74) is 12.3. The molecule has 3 aromatic carbocycles. The smallest absolute Gasteiger partial charge is 0.224 e. The maximum Gasteiger partial charge on any atom is 0.224 e. The molecule has 6 aromatic rings. The number of nitrogens with two attached hydrogens (primary N) is 1. The van der Waals surface area contributed by atoms with E-state index in [1.165, 1.54) is 38.2 Å². The summed E-state index contributed by atoms with van der Waals surface area (Å²) in [6.07, 6.45) is 12.8. The first kappa shape index (κ1) is 27.0. The van der Waals surface area contributed by atoms with Gasteiger partial charge in [0.15, 0.2) is 5.82 Å². The zero-order valence-corrected chi connectivity index (χ0v) is 24.9. The van der Waals surface area contributed by atoms with Crippen LogP contribution in [0, 0.1) is 12.8 Å². The Morgan fingerprint density at radius 1 is 0.953 bits per heavy atom. The highest BCUT2D eigenvalue weighted by molar-refractivity contribution is 6.08. The van der Waals surface area contributed by atoms with Gasteiger partial charge in [-0.2, -0.15) is 15.1 Å². The number of anilines is 2. The van der Waals surface area contributed by atoms with Gasteiger partial charge in [0, 0.05) is 50.4 Å². The molecule has 8 nitrogen and oxygen atoms in total. The average Bonchev–Trinajstić information content (AvgIpc) is 3.40. The molecule has 1 aliphatic carbocycles. The number of aryl methyl sites for hydroxylation is 2. The Balaban J connectivity index is 1.16. The quantitative estimate of drug-likeness (QED) is 0.222. The molecule has 0 saturated carbocycles. The lowest BCUT2D eigenvalue weighted by molar-refractivity contribution is 0.369. The summed E-state index contributed by atoms with van der Waals surface area (Å²) in [4.78, 5) is 20.0. The van der Waals surface area contributed by atoms with E-state index in [4.69, 9.17) is 10.7 Å². The minimum atomic E-state index is 0.227. The van der Waals surface area contributed by atoms with Crippen molar-refractivity contribution in [1.29, 1.82) is 0 Å². The van der Waals surface area contributed by atoms with Crippen molar-refractivity contribution in [2.45, 2.75) is 44.9 Å². The summed E-state index contributed by atoms with van der Waals surface area (Å²) >= 11 is 0. The summed E-state index contributed by atoms with van der Waals surface area (Å²) in [6.45, 7) is 2.10. The van der Waals surface area contributed by atoms with Gasteiger partial charge in [-0.05, 0) is 83.2 Å². The summed E-state index contributed by atoms with van der Waals surface area (Å²) in [6, 6.07) is 19.9. The lowest BCUT2D eigenvalue weighted by Crippen LogP contribution is -2.23. The highest BCUT2D eigenvalue weighted by atomic mass is 15.3. The number of fused-ring (bicyclic) bond motifs is 5. The molecule has 7 rings (SSSR count). The van der Waals surface area contributed by atoms with E-state index in [1.807, 2.05) is 48.3 Å². The average molecular weight is 569 g/mol. The van der Waals surface area contributed by atoms with Gasteiger partial charge in [-0.1, -0.05) is 48.5 Å². The number of hydrogen-bond acceptors (Lipinski definition) is 7. The molecule has 43 heavy (non-hydrogen) atoms. The fourth-order valence-corrected chi connectivity index (χ4v) is 6.92. The minimum absolute atomic E-state index is 0.227. The molecule has 8 heteroatoms. The Labute approximate surface area is 251 Å². The van der Waals surface area contributed by atoms with Crippen LogP contribution in [0.5, 0.6) is 0 Å². The predicted octanol–water partition coefficient (Wildman–Crippen LogP) is 6.43. The van der Waals surface area contributed by atoms with Crippen LogP contribution >= 0.6 is 0 Å². The third kappa shape index (κ3) is 4.96. The lowest BCUT2D eigenvalue weighted by atomic mass is 9.70. The second-order valence-corrected chi connectivity index (χ2v) is 11.8. The van der Waals surface area contributed by atoms with Crippen LogP contribution in [0.1, 0.15) is 53.3 Å². The van der Waals surface area contributed by atoms with E-state index in [9.17, 15) is 0 Å². The van der Waals surface area contributed by atoms with Gasteiger partial charge in [0.25, 0.3) is 0 Å². The molecule has 0 bridgehead atoms. The zero-order chi connectivity index (χ0) is 29.5. The zero-order valence-electron chi connectivity index (χ0n) is 24.9. The molecule has 2 atom stereocenters. The van der Waals surface area contributed by atoms with E-state index in [-0.39, 0.29) is 11.9 Å². The summed E-state index contributed by atoms with van der Waals surface area (Å²) < 4.78 is 1.87. The third-order valence-corrected chi connectivity index (χ3v) is 9.07. The molecular weight excluding hydrogens is 532 g/mol. The molecule has 2 unspecified atom stereocenters. The molecule has 2 N–H and O–H groups in total. The molecular formula is C35H36N8. The number of aromatic nitrogens is 6. The molecule has 0 fully saturated rings. The summed E-state index contributed by atoms with van der Waals surface area (Å²) in [5, 5.41) is 9.98. The molecule has 0 saturated heterocycles. The van der Waals surface area contributed by atoms with Crippen LogP contribution in [0.3, 0.4) is 0 Å². The van der Waals surface area contributed by atoms with Crippen molar-refractivity contribution in [2.75, 3.05) is 24.7 Å². The number of nitrogen functional groups attached to an aromatic ring is 1. The first-order chi connectivity index (χ1) is 21.0. The van der Waals surface area contributed by atoms with E-state index in [0.29, 0.717) is 11.7 Å². The Morgan fingerprint density at radius 3 is 2.65 bits per heavy atom. The van der Waals surface area contributed by atoms with Gasteiger partial charge in [0.1, 0.15) is 5.82 Å². The van der Waals surface area contributed by atoms with Crippen molar-refractivity contribution >= 4 is 33.3 Å². The Bertz CT molecular complexity index is 1930. The second-order valence-electron chi connectivity index (χ2n) is 11.8. The molecule has 0 amide bonds. The molecule has 0 aliphatic heterocycles. The molecule has 0 spiro atoms. The van der Waals surface area contributed by atoms with Gasteiger partial charge in [0.2, 0.25) is 5.95 Å². The van der Waals surface area contributed by atoms with Crippen molar-refractivity contribution in [3.8, 4) is 5.82 Å². The highest BCUT2D eigenvalue weighted by Crippen LogP contribution is 2.45. The van der Waals surface area contributed by atoms with E-state index in [2.05, 4.69) is 75.5 Å². The van der Waals surface area contributed by atoms with Crippen LogP contribution in [0.25, 0.3) is 27.4 Å². The fraction of sp³-hybridized carbons (Fsp3) is 0.286. The monoisotopic (exact) mass is 568 g/mol. The molecule has 0 radical (unpaired) electrons. The molecule has 1 aliphatic rings. The Kier molecular flexibility index (Phi) is 6.97. The van der Waals surface area contributed by atoms with E-state index >= 15 is 0 Å². The van der Waals surface area contributed by atoms with Crippen LogP contribution in [0.2, 0.25) is 0 Å².